The number of likely N-dealkylation sites (N-methyl/N-ethyl adjacent to an activating group) is 1. The smallest absolute Gasteiger partial charge is 0.313 e. The Morgan fingerprint density at radius 3 is 1.93 bits per heavy atom. The number of aliphatic hydroxyl groups is 1. The number of aliphatic hydroxyl groups excluding tert-OH is 1. The standard InChI is InChI=1S/C22H29F4N3O10S/c1-3-27-14(29(2)13-30)12-28-15(31)4-6-36-8-10-38-11-9-37-7-5-16(32)39-21-17(23)19(25)22(40(33,34)35)20(26)18(21)24/h3,30H,1,4-13H2,2H3,(H,28,31)(H,33,34,35)/b27-14-. The number of carbonyl (C=O) groups excluding carboxylic acids is 2. The number of nitrogens with zero attached hydrogens (tertiary/aromatic N) is 2. The molecule has 1 amide bonds. The van der Waals surface area contributed by atoms with E-state index in [1.807, 2.05) is 0 Å². The maximum Gasteiger partial charge on any atom is 0.313 e. The molecule has 0 aliphatic rings. The molecule has 0 heterocycles. The first-order valence-corrected chi connectivity index (χ1v) is 12.8. The molecular formula is C22H29F4N3O10S. The van der Waals surface area contributed by atoms with Crippen LogP contribution in [-0.2, 0) is 33.9 Å². The summed E-state index contributed by atoms with van der Waals surface area (Å²) in [6, 6.07) is 0. The molecule has 0 aliphatic carbocycles. The zero-order chi connectivity index (χ0) is 30.3. The maximum absolute atomic E-state index is 13.9. The van der Waals surface area contributed by atoms with Crippen LogP contribution in [0, 0.1) is 23.3 Å². The zero-order valence-corrected chi connectivity index (χ0v) is 22.1. The lowest BCUT2D eigenvalue weighted by atomic mass is 10.3. The van der Waals surface area contributed by atoms with Gasteiger partial charge in [-0.1, -0.05) is 6.58 Å². The largest absolute Gasteiger partial charge is 0.420 e. The molecule has 13 nitrogen and oxygen atoms in total. The van der Waals surface area contributed by atoms with Crippen molar-refractivity contribution in [3.63, 3.8) is 0 Å². The van der Waals surface area contributed by atoms with Crippen molar-refractivity contribution in [1.29, 1.82) is 0 Å². The van der Waals surface area contributed by atoms with Crippen LogP contribution in [0.1, 0.15) is 12.8 Å². The van der Waals surface area contributed by atoms with Crippen molar-refractivity contribution < 1.29 is 64.2 Å². The number of hydrogen-bond donors (Lipinski definition) is 3. The van der Waals surface area contributed by atoms with Crippen LogP contribution in [0.25, 0.3) is 0 Å². The Kier molecular flexibility index (Phi) is 15.3. The molecule has 1 aromatic rings. The summed E-state index contributed by atoms with van der Waals surface area (Å²) >= 11 is 0. The number of carbonyl (C=O) groups is 2. The number of nitrogens with one attached hydrogen (secondary N) is 1. The fraction of sp³-hybridized carbons (Fsp3) is 0.500. The Labute approximate surface area is 227 Å². The van der Waals surface area contributed by atoms with Crippen molar-refractivity contribution in [3.05, 3.63) is 36.0 Å². The van der Waals surface area contributed by atoms with Gasteiger partial charge in [-0.3, -0.25) is 14.1 Å². The van der Waals surface area contributed by atoms with Gasteiger partial charge in [0, 0.05) is 19.7 Å². The summed E-state index contributed by atoms with van der Waals surface area (Å²) in [5.74, 6) is -12.6. The minimum atomic E-state index is -5.64. The van der Waals surface area contributed by atoms with Crippen LogP contribution in [0.5, 0.6) is 5.75 Å². The number of esters is 1. The normalized spacial score (nSPS) is 11.8. The van der Waals surface area contributed by atoms with Crippen molar-refractivity contribution in [2.75, 3.05) is 60.0 Å². The highest BCUT2D eigenvalue weighted by atomic mass is 32.2. The molecule has 226 valence electrons. The highest BCUT2D eigenvalue weighted by Gasteiger charge is 2.34. The molecular weight excluding hydrogens is 574 g/mol. The molecule has 0 saturated heterocycles. The van der Waals surface area contributed by atoms with Crippen LogP contribution >= 0.6 is 0 Å². The van der Waals surface area contributed by atoms with E-state index in [2.05, 4.69) is 21.6 Å². The van der Waals surface area contributed by atoms with Gasteiger partial charge in [-0.05, 0) is 0 Å². The molecule has 0 bridgehead atoms. The number of aliphatic imine (C=N–C) groups is 1. The van der Waals surface area contributed by atoms with Gasteiger partial charge in [0.2, 0.25) is 23.3 Å². The monoisotopic (exact) mass is 603 g/mol. The highest BCUT2D eigenvalue weighted by molar-refractivity contribution is 7.85. The second-order valence-corrected chi connectivity index (χ2v) is 8.90. The number of rotatable bonds is 18. The predicted octanol–water partition coefficient (Wildman–Crippen LogP) is 0.765. The van der Waals surface area contributed by atoms with E-state index in [-0.39, 0.29) is 65.2 Å². The minimum absolute atomic E-state index is 0.0123. The third-order valence-corrected chi connectivity index (χ3v) is 5.54. The zero-order valence-electron chi connectivity index (χ0n) is 21.3. The van der Waals surface area contributed by atoms with E-state index in [1.54, 1.807) is 7.05 Å². The summed E-state index contributed by atoms with van der Waals surface area (Å²) in [5, 5.41) is 11.7. The number of amides is 1. The molecule has 40 heavy (non-hydrogen) atoms. The van der Waals surface area contributed by atoms with Crippen LogP contribution in [-0.4, -0.2) is 101 Å². The van der Waals surface area contributed by atoms with E-state index in [1.165, 1.54) is 11.1 Å². The Morgan fingerprint density at radius 1 is 0.950 bits per heavy atom. The van der Waals surface area contributed by atoms with Gasteiger partial charge in [0.05, 0.1) is 52.6 Å². The Morgan fingerprint density at radius 2 is 1.45 bits per heavy atom. The molecule has 0 radical (unpaired) electrons. The van der Waals surface area contributed by atoms with Gasteiger partial charge in [-0.25, -0.2) is 13.8 Å². The van der Waals surface area contributed by atoms with E-state index in [0.29, 0.717) is 5.84 Å². The minimum Gasteiger partial charge on any atom is -0.420 e. The first kappa shape index (κ1) is 34.9. The molecule has 1 rings (SSSR count). The fourth-order valence-electron chi connectivity index (χ4n) is 2.67. The lowest BCUT2D eigenvalue weighted by Crippen LogP contribution is -2.38. The molecule has 0 aliphatic heterocycles. The van der Waals surface area contributed by atoms with Gasteiger partial charge in [0.1, 0.15) is 12.6 Å². The van der Waals surface area contributed by atoms with Crippen molar-refractivity contribution in [3.8, 4) is 5.75 Å². The molecule has 18 heteroatoms. The van der Waals surface area contributed by atoms with Crippen molar-refractivity contribution in [1.82, 2.24) is 10.2 Å². The first-order valence-electron chi connectivity index (χ1n) is 11.4. The average molecular weight is 604 g/mol. The Bertz CT molecular complexity index is 1140. The summed E-state index contributed by atoms with van der Waals surface area (Å²) in [5.41, 5.74) is 0. The molecule has 0 saturated carbocycles. The van der Waals surface area contributed by atoms with E-state index in [9.17, 15) is 35.6 Å². The van der Waals surface area contributed by atoms with E-state index in [0.717, 1.165) is 0 Å². The van der Waals surface area contributed by atoms with Gasteiger partial charge in [0.15, 0.2) is 16.5 Å². The molecule has 0 atom stereocenters. The van der Waals surface area contributed by atoms with Gasteiger partial charge < -0.3 is 34.3 Å². The molecule has 0 aromatic heterocycles. The van der Waals surface area contributed by atoms with Crippen LogP contribution in [0.2, 0.25) is 0 Å². The SMILES string of the molecule is C=C/N=C(/CNC(=O)CCOCCOCCOCCC(=O)Oc1c(F)c(F)c(S(=O)(=O)O)c(F)c1F)N(C)CO. The van der Waals surface area contributed by atoms with Crippen LogP contribution in [0.15, 0.2) is 22.7 Å². The second-order valence-electron chi connectivity index (χ2n) is 7.54. The lowest BCUT2D eigenvalue weighted by Gasteiger charge is -2.18. The number of hydrogen-bond acceptors (Lipinski definition) is 10. The van der Waals surface area contributed by atoms with Gasteiger partial charge in [0.25, 0.3) is 0 Å². The molecule has 0 spiro atoms. The predicted molar refractivity (Wildman–Crippen MR) is 129 cm³/mol. The first-order chi connectivity index (χ1) is 18.8. The van der Waals surface area contributed by atoms with Gasteiger partial charge in [-0.2, -0.15) is 17.2 Å². The summed E-state index contributed by atoms with van der Waals surface area (Å²) in [7, 11) is -4.05. The second kappa shape index (κ2) is 17.5. The van der Waals surface area contributed by atoms with Crippen LogP contribution in [0.3, 0.4) is 0 Å². The summed E-state index contributed by atoms with van der Waals surface area (Å²) in [6.07, 6.45) is 0.762. The quantitative estimate of drug-likeness (QED) is 0.0249. The van der Waals surface area contributed by atoms with E-state index < -0.39 is 56.4 Å². The molecule has 0 fully saturated rings. The van der Waals surface area contributed by atoms with Crippen LogP contribution < -0.4 is 10.1 Å². The molecule has 0 unspecified atom stereocenters. The highest BCUT2D eigenvalue weighted by Crippen LogP contribution is 2.32. The van der Waals surface area contributed by atoms with E-state index >= 15 is 0 Å². The number of ether oxygens (including phenoxy) is 4. The van der Waals surface area contributed by atoms with Crippen LogP contribution in [0.4, 0.5) is 17.6 Å². The van der Waals surface area contributed by atoms with Gasteiger partial charge in [-0.15, -0.1) is 0 Å². The summed E-state index contributed by atoms with van der Waals surface area (Å²) < 4.78 is 105. The third kappa shape index (κ3) is 11.5. The maximum atomic E-state index is 13.9. The van der Waals surface area contributed by atoms with E-state index in [4.69, 9.17) is 23.9 Å². The Hall–Kier alpha value is -3.16. The van der Waals surface area contributed by atoms with Crippen molar-refractivity contribution in [2.45, 2.75) is 17.7 Å². The number of benzene rings is 1. The fourth-order valence-corrected chi connectivity index (χ4v) is 3.30. The molecule has 3 N–H and O–H groups in total. The number of halogens is 4. The molecule has 1 aromatic carbocycles. The Balaban J connectivity index is 2.21. The summed E-state index contributed by atoms with van der Waals surface area (Å²) in [4.78, 5) is 26.6. The average Bonchev–Trinajstić information content (AvgIpc) is 2.89. The third-order valence-electron chi connectivity index (χ3n) is 4.66. The van der Waals surface area contributed by atoms with Gasteiger partial charge >= 0.3 is 16.1 Å². The van der Waals surface area contributed by atoms with Crippen molar-refractivity contribution >= 4 is 27.8 Å². The lowest BCUT2D eigenvalue weighted by molar-refractivity contribution is -0.136. The van der Waals surface area contributed by atoms with Crippen molar-refractivity contribution in [2.24, 2.45) is 4.99 Å². The topological polar surface area (TPSA) is 173 Å². The summed E-state index contributed by atoms with van der Waals surface area (Å²) in [6.45, 7) is 3.44. The number of amidine groups is 1.